The topological polar surface area (TPSA) is 38.3 Å². The zero-order valence-corrected chi connectivity index (χ0v) is 10.1. The van der Waals surface area contributed by atoms with E-state index in [1.165, 1.54) is 0 Å². The summed E-state index contributed by atoms with van der Waals surface area (Å²) >= 11 is 3.32. The maximum atomic E-state index is 11.4. The number of ether oxygens (including phenoxy) is 1. The minimum absolute atomic E-state index is 0.0755. The Hall–Kier alpha value is -0.0900. The molecule has 0 aliphatic carbocycles. The molecular weight excluding hydrogens is 234 g/mol. The van der Waals surface area contributed by atoms with Gasteiger partial charge in [0.1, 0.15) is 0 Å². The van der Waals surface area contributed by atoms with Crippen LogP contribution in [0.5, 0.6) is 0 Å². The second-order valence-corrected chi connectivity index (χ2v) is 3.77. The third-order valence-electron chi connectivity index (χ3n) is 1.96. The van der Waals surface area contributed by atoms with E-state index in [0.717, 1.165) is 11.8 Å². The van der Waals surface area contributed by atoms with Crippen molar-refractivity contribution >= 4 is 21.8 Å². The molecule has 4 heteroatoms. The fourth-order valence-electron chi connectivity index (χ4n) is 0.855. The van der Waals surface area contributed by atoms with Crippen LogP contribution < -0.4 is 5.32 Å². The van der Waals surface area contributed by atoms with Gasteiger partial charge in [0, 0.05) is 18.4 Å². The van der Waals surface area contributed by atoms with Crippen LogP contribution in [0.15, 0.2) is 0 Å². The molecule has 0 radical (unpaired) electrons. The Kier molecular flexibility index (Phi) is 7.28. The highest BCUT2D eigenvalue weighted by atomic mass is 79.9. The predicted octanol–water partition coefficient (Wildman–Crippen LogP) is 1.56. The van der Waals surface area contributed by atoms with Gasteiger partial charge in [-0.1, -0.05) is 29.8 Å². The van der Waals surface area contributed by atoms with E-state index in [1.807, 2.05) is 13.8 Å². The third kappa shape index (κ3) is 5.26. The first-order valence-electron chi connectivity index (χ1n) is 4.50. The second kappa shape index (κ2) is 7.33. The van der Waals surface area contributed by atoms with Gasteiger partial charge in [-0.2, -0.15) is 0 Å². The molecule has 0 fully saturated rings. The van der Waals surface area contributed by atoms with Gasteiger partial charge in [0.05, 0.1) is 12.6 Å². The minimum Gasteiger partial charge on any atom is -0.383 e. The van der Waals surface area contributed by atoms with Gasteiger partial charge in [0.25, 0.3) is 0 Å². The fourth-order valence-corrected chi connectivity index (χ4v) is 1.20. The fraction of sp³-hybridized carbons (Fsp3) is 0.889. The van der Waals surface area contributed by atoms with Crippen molar-refractivity contribution < 1.29 is 9.53 Å². The normalized spacial score (nSPS) is 15.1. The van der Waals surface area contributed by atoms with Crippen LogP contribution in [0.3, 0.4) is 0 Å². The number of hydrogen-bond acceptors (Lipinski definition) is 2. The summed E-state index contributed by atoms with van der Waals surface area (Å²) in [6, 6.07) is 0.0755. The van der Waals surface area contributed by atoms with Crippen LogP contribution in [0.25, 0.3) is 0 Å². The smallest absolute Gasteiger partial charge is 0.223 e. The molecule has 0 aromatic heterocycles. The maximum absolute atomic E-state index is 11.4. The molecular formula is C9H18BrNO2. The lowest BCUT2D eigenvalue weighted by molar-refractivity contribution is -0.125. The second-order valence-electron chi connectivity index (χ2n) is 3.12. The van der Waals surface area contributed by atoms with Crippen LogP contribution in [0.4, 0.5) is 0 Å². The molecule has 1 N–H and O–H groups in total. The lowest BCUT2D eigenvalue weighted by atomic mass is 10.1. The number of nitrogens with one attached hydrogen (secondary N) is 1. The van der Waals surface area contributed by atoms with E-state index in [-0.39, 0.29) is 17.9 Å². The SMILES string of the molecule is CCC(C)C(=O)NC(CBr)COC. The quantitative estimate of drug-likeness (QED) is 0.728. The first-order chi connectivity index (χ1) is 6.15. The lowest BCUT2D eigenvalue weighted by Crippen LogP contribution is -2.41. The highest BCUT2D eigenvalue weighted by Gasteiger charge is 2.14. The van der Waals surface area contributed by atoms with Crippen molar-refractivity contribution in [3.8, 4) is 0 Å². The molecule has 0 saturated carbocycles. The molecule has 1 amide bonds. The van der Waals surface area contributed by atoms with E-state index < -0.39 is 0 Å². The number of hydrogen-bond donors (Lipinski definition) is 1. The Morgan fingerprint density at radius 1 is 1.62 bits per heavy atom. The summed E-state index contributed by atoms with van der Waals surface area (Å²) < 4.78 is 4.96. The van der Waals surface area contributed by atoms with Crippen molar-refractivity contribution in [3.63, 3.8) is 0 Å². The molecule has 0 spiro atoms. The molecule has 2 unspecified atom stereocenters. The molecule has 0 aliphatic heterocycles. The number of carbonyl (C=O) groups excluding carboxylic acids is 1. The molecule has 78 valence electrons. The van der Waals surface area contributed by atoms with E-state index in [0.29, 0.717) is 6.61 Å². The molecule has 0 rings (SSSR count). The summed E-state index contributed by atoms with van der Waals surface area (Å²) in [5.41, 5.74) is 0. The average molecular weight is 252 g/mol. The van der Waals surface area contributed by atoms with E-state index >= 15 is 0 Å². The number of carbonyl (C=O) groups is 1. The summed E-state index contributed by atoms with van der Waals surface area (Å²) in [6.07, 6.45) is 0.869. The molecule has 0 aliphatic rings. The molecule has 0 aromatic rings. The van der Waals surface area contributed by atoms with Crippen LogP contribution in [0, 0.1) is 5.92 Å². The van der Waals surface area contributed by atoms with Gasteiger partial charge in [0.15, 0.2) is 0 Å². The zero-order valence-electron chi connectivity index (χ0n) is 8.47. The van der Waals surface area contributed by atoms with Crippen LogP contribution in [-0.4, -0.2) is 31.0 Å². The summed E-state index contributed by atoms with van der Waals surface area (Å²) in [7, 11) is 1.63. The van der Waals surface area contributed by atoms with E-state index in [4.69, 9.17) is 4.74 Å². The summed E-state index contributed by atoms with van der Waals surface area (Å²) in [5.74, 6) is 0.183. The Balaban J connectivity index is 3.85. The highest BCUT2D eigenvalue weighted by Crippen LogP contribution is 2.01. The number of rotatable bonds is 6. The van der Waals surface area contributed by atoms with E-state index in [9.17, 15) is 4.79 Å². The van der Waals surface area contributed by atoms with Crippen molar-refractivity contribution in [3.05, 3.63) is 0 Å². The Labute approximate surface area is 88.4 Å². The average Bonchev–Trinajstić information content (AvgIpc) is 2.15. The summed E-state index contributed by atoms with van der Waals surface area (Å²) in [6.45, 7) is 4.48. The minimum atomic E-state index is 0.0755. The third-order valence-corrected chi connectivity index (χ3v) is 2.74. The Morgan fingerprint density at radius 2 is 2.23 bits per heavy atom. The van der Waals surface area contributed by atoms with Gasteiger partial charge in [-0.05, 0) is 6.42 Å². The standard InChI is InChI=1S/C9H18BrNO2/c1-4-7(2)9(12)11-8(5-10)6-13-3/h7-8H,4-6H2,1-3H3,(H,11,12). The Bertz CT molecular complexity index is 153. The zero-order chi connectivity index (χ0) is 10.3. The van der Waals surface area contributed by atoms with Gasteiger partial charge in [-0.15, -0.1) is 0 Å². The predicted molar refractivity (Wildman–Crippen MR) is 57.1 cm³/mol. The van der Waals surface area contributed by atoms with Crippen molar-refractivity contribution in [2.45, 2.75) is 26.3 Å². The first-order valence-corrected chi connectivity index (χ1v) is 5.63. The Morgan fingerprint density at radius 3 is 2.62 bits per heavy atom. The molecule has 13 heavy (non-hydrogen) atoms. The summed E-state index contributed by atoms with van der Waals surface area (Å²) in [4.78, 5) is 11.4. The van der Waals surface area contributed by atoms with Crippen molar-refractivity contribution in [1.29, 1.82) is 0 Å². The molecule has 2 atom stereocenters. The molecule has 0 bridgehead atoms. The number of alkyl halides is 1. The van der Waals surface area contributed by atoms with Crippen LogP contribution >= 0.6 is 15.9 Å². The van der Waals surface area contributed by atoms with E-state index in [2.05, 4.69) is 21.2 Å². The van der Waals surface area contributed by atoms with Gasteiger partial charge in [-0.25, -0.2) is 0 Å². The van der Waals surface area contributed by atoms with Gasteiger partial charge >= 0.3 is 0 Å². The monoisotopic (exact) mass is 251 g/mol. The van der Waals surface area contributed by atoms with E-state index in [1.54, 1.807) is 7.11 Å². The number of amides is 1. The molecule has 0 saturated heterocycles. The van der Waals surface area contributed by atoms with Gasteiger partial charge in [0.2, 0.25) is 5.91 Å². The summed E-state index contributed by atoms with van der Waals surface area (Å²) in [5, 5.41) is 3.63. The number of methoxy groups -OCH3 is 1. The lowest BCUT2D eigenvalue weighted by Gasteiger charge is -2.17. The molecule has 0 aromatic carbocycles. The highest BCUT2D eigenvalue weighted by molar-refractivity contribution is 9.09. The van der Waals surface area contributed by atoms with Crippen LogP contribution in [-0.2, 0) is 9.53 Å². The van der Waals surface area contributed by atoms with Crippen molar-refractivity contribution in [1.82, 2.24) is 5.32 Å². The van der Waals surface area contributed by atoms with Crippen molar-refractivity contribution in [2.24, 2.45) is 5.92 Å². The maximum Gasteiger partial charge on any atom is 0.223 e. The van der Waals surface area contributed by atoms with Crippen LogP contribution in [0.2, 0.25) is 0 Å². The number of halogens is 1. The van der Waals surface area contributed by atoms with Crippen LogP contribution in [0.1, 0.15) is 20.3 Å². The van der Waals surface area contributed by atoms with Gasteiger partial charge < -0.3 is 10.1 Å². The molecule has 0 heterocycles. The first kappa shape index (κ1) is 12.9. The van der Waals surface area contributed by atoms with Gasteiger partial charge in [-0.3, -0.25) is 4.79 Å². The largest absolute Gasteiger partial charge is 0.383 e. The molecule has 3 nitrogen and oxygen atoms in total. The van der Waals surface area contributed by atoms with Crippen molar-refractivity contribution in [2.75, 3.05) is 19.0 Å².